The zero-order valence-corrected chi connectivity index (χ0v) is 16.1. The van der Waals surface area contributed by atoms with Gasteiger partial charge in [-0.25, -0.2) is 4.79 Å². The molecule has 3 amide bonds. The summed E-state index contributed by atoms with van der Waals surface area (Å²) in [5.41, 5.74) is 9.37. The van der Waals surface area contributed by atoms with Crippen LogP contribution in [0, 0.1) is 6.92 Å². The van der Waals surface area contributed by atoms with Crippen molar-refractivity contribution in [3.05, 3.63) is 95.1 Å². The minimum atomic E-state index is -0.615. The summed E-state index contributed by atoms with van der Waals surface area (Å²) in [5.74, 6) is 0.450. The number of primary amides is 1. The van der Waals surface area contributed by atoms with Crippen molar-refractivity contribution in [2.45, 2.75) is 20.1 Å². The van der Waals surface area contributed by atoms with Gasteiger partial charge in [-0.05, 0) is 48.4 Å². The van der Waals surface area contributed by atoms with Gasteiger partial charge in [0, 0.05) is 17.8 Å². The Balaban J connectivity index is 1.55. The molecule has 148 valence electrons. The Morgan fingerprint density at radius 3 is 2.41 bits per heavy atom. The molecule has 0 bridgehead atoms. The number of carbonyl (C=O) groups is 2. The number of anilines is 1. The third-order valence-corrected chi connectivity index (χ3v) is 4.26. The first kappa shape index (κ1) is 19.9. The van der Waals surface area contributed by atoms with Gasteiger partial charge in [0.05, 0.1) is 0 Å². The van der Waals surface area contributed by atoms with Crippen molar-refractivity contribution in [1.29, 1.82) is 0 Å². The highest BCUT2D eigenvalue weighted by Gasteiger charge is 2.07. The molecular weight excluding hydrogens is 366 g/mol. The van der Waals surface area contributed by atoms with E-state index in [1.807, 2.05) is 43.3 Å². The molecule has 0 heterocycles. The number of hydrogen-bond donors (Lipinski definition) is 3. The van der Waals surface area contributed by atoms with Gasteiger partial charge in [-0.15, -0.1) is 0 Å². The maximum atomic E-state index is 12.5. The second kappa shape index (κ2) is 9.41. The van der Waals surface area contributed by atoms with Crippen LogP contribution >= 0.6 is 0 Å². The normalized spacial score (nSPS) is 10.2. The Labute approximate surface area is 169 Å². The van der Waals surface area contributed by atoms with Gasteiger partial charge in [0.1, 0.15) is 12.4 Å². The number of rotatable bonds is 7. The van der Waals surface area contributed by atoms with Gasteiger partial charge >= 0.3 is 6.03 Å². The van der Waals surface area contributed by atoms with Crippen LogP contribution in [0.2, 0.25) is 0 Å². The number of nitrogens with one attached hydrogen (secondary N) is 2. The van der Waals surface area contributed by atoms with E-state index in [2.05, 4.69) is 16.7 Å². The molecule has 29 heavy (non-hydrogen) atoms. The maximum absolute atomic E-state index is 12.5. The van der Waals surface area contributed by atoms with Crippen LogP contribution in [-0.2, 0) is 13.2 Å². The lowest BCUT2D eigenvalue weighted by atomic mass is 10.1. The molecule has 4 N–H and O–H groups in total. The predicted octanol–water partition coefficient (Wildman–Crippen LogP) is 3.99. The highest BCUT2D eigenvalue weighted by molar-refractivity contribution is 5.94. The minimum absolute atomic E-state index is 0.189. The molecule has 6 heteroatoms. The summed E-state index contributed by atoms with van der Waals surface area (Å²) < 4.78 is 5.82. The third-order valence-electron chi connectivity index (χ3n) is 4.26. The molecule has 3 aromatic carbocycles. The summed E-state index contributed by atoms with van der Waals surface area (Å²) in [6.07, 6.45) is 0. The zero-order valence-electron chi connectivity index (χ0n) is 16.1. The number of amides is 3. The predicted molar refractivity (Wildman–Crippen MR) is 113 cm³/mol. The fourth-order valence-corrected chi connectivity index (χ4v) is 2.83. The van der Waals surface area contributed by atoms with Crippen LogP contribution < -0.4 is 21.1 Å². The van der Waals surface area contributed by atoms with Gasteiger partial charge in [-0.2, -0.15) is 0 Å². The molecular formula is C23H23N3O3. The minimum Gasteiger partial charge on any atom is -0.489 e. The topological polar surface area (TPSA) is 93.4 Å². The van der Waals surface area contributed by atoms with Crippen LogP contribution in [0.4, 0.5) is 10.5 Å². The molecule has 0 spiro atoms. The van der Waals surface area contributed by atoms with Gasteiger partial charge in [0.25, 0.3) is 5.91 Å². The van der Waals surface area contributed by atoms with Crippen molar-refractivity contribution in [3.63, 3.8) is 0 Å². The van der Waals surface area contributed by atoms with E-state index in [1.54, 1.807) is 30.3 Å². The molecule has 0 aromatic heterocycles. The van der Waals surface area contributed by atoms with Crippen molar-refractivity contribution in [2.75, 3.05) is 5.32 Å². The molecule has 0 aliphatic rings. The van der Waals surface area contributed by atoms with E-state index in [-0.39, 0.29) is 5.91 Å². The standard InChI is InChI=1S/C23H23N3O3/c1-16-4-2-5-18(12-16)15-29-21-7-3-6-19(13-21)22(27)25-14-17-8-10-20(11-9-17)26-23(24)28/h2-13H,14-15H2,1H3,(H,25,27)(H3,24,26,28). The van der Waals surface area contributed by atoms with Gasteiger partial charge < -0.3 is 21.1 Å². The third kappa shape index (κ3) is 6.10. The van der Waals surface area contributed by atoms with Crippen LogP contribution in [-0.4, -0.2) is 11.9 Å². The van der Waals surface area contributed by atoms with Crippen molar-refractivity contribution < 1.29 is 14.3 Å². The first-order chi connectivity index (χ1) is 14.0. The fourth-order valence-electron chi connectivity index (χ4n) is 2.83. The summed E-state index contributed by atoms with van der Waals surface area (Å²) in [7, 11) is 0. The smallest absolute Gasteiger partial charge is 0.316 e. The maximum Gasteiger partial charge on any atom is 0.316 e. The summed E-state index contributed by atoms with van der Waals surface area (Å²) in [5, 5.41) is 5.37. The molecule has 0 aliphatic heterocycles. The molecule has 0 radical (unpaired) electrons. The molecule has 0 aliphatic carbocycles. The number of hydrogen-bond acceptors (Lipinski definition) is 3. The summed E-state index contributed by atoms with van der Waals surface area (Å²) in [4.78, 5) is 23.3. The average Bonchev–Trinajstić information content (AvgIpc) is 2.71. The van der Waals surface area contributed by atoms with E-state index in [4.69, 9.17) is 10.5 Å². The Hall–Kier alpha value is -3.80. The SMILES string of the molecule is Cc1cccc(COc2cccc(C(=O)NCc3ccc(NC(N)=O)cc3)c2)c1. The van der Waals surface area contributed by atoms with E-state index < -0.39 is 6.03 Å². The molecule has 0 fully saturated rings. The molecule has 3 rings (SSSR count). The Kier molecular flexibility index (Phi) is 6.47. The molecule has 0 atom stereocenters. The quantitative estimate of drug-likeness (QED) is 0.570. The first-order valence-electron chi connectivity index (χ1n) is 9.21. The van der Waals surface area contributed by atoms with Crippen LogP contribution in [0.1, 0.15) is 27.0 Å². The second-order valence-corrected chi connectivity index (χ2v) is 6.67. The van der Waals surface area contributed by atoms with E-state index in [0.29, 0.717) is 30.2 Å². The number of aryl methyl sites for hydroxylation is 1. The fraction of sp³-hybridized carbons (Fsp3) is 0.130. The van der Waals surface area contributed by atoms with Crippen molar-refractivity contribution in [1.82, 2.24) is 5.32 Å². The van der Waals surface area contributed by atoms with Gasteiger partial charge in [0.15, 0.2) is 0 Å². The molecule has 6 nitrogen and oxygen atoms in total. The highest BCUT2D eigenvalue weighted by Crippen LogP contribution is 2.16. The van der Waals surface area contributed by atoms with E-state index in [0.717, 1.165) is 11.1 Å². The summed E-state index contributed by atoms with van der Waals surface area (Å²) in [6, 6.07) is 21.7. The second-order valence-electron chi connectivity index (χ2n) is 6.67. The van der Waals surface area contributed by atoms with Crippen LogP contribution in [0.5, 0.6) is 5.75 Å². The van der Waals surface area contributed by atoms with Crippen molar-refractivity contribution in [2.24, 2.45) is 5.73 Å². The van der Waals surface area contributed by atoms with Gasteiger partial charge in [-0.3, -0.25) is 4.79 Å². The number of carbonyl (C=O) groups excluding carboxylic acids is 2. The molecule has 3 aromatic rings. The van der Waals surface area contributed by atoms with Crippen LogP contribution in [0.3, 0.4) is 0 Å². The summed E-state index contributed by atoms with van der Waals surface area (Å²) >= 11 is 0. The zero-order chi connectivity index (χ0) is 20.6. The number of benzene rings is 3. The molecule has 0 saturated carbocycles. The molecule has 0 saturated heterocycles. The highest BCUT2D eigenvalue weighted by atomic mass is 16.5. The number of ether oxygens (including phenoxy) is 1. The largest absolute Gasteiger partial charge is 0.489 e. The van der Waals surface area contributed by atoms with E-state index in [1.165, 1.54) is 5.56 Å². The van der Waals surface area contributed by atoms with Crippen molar-refractivity contribution >= 4 is 17.6 Å². The Morgan fingerprint density at radius 2 is 1.69 bits per heavy atom. The first-order valence-corrected chi connectivity index (χ1v) is 9.21. The lowest BCUT2D eigenvalue weighted by Gasteiger charge is -2.10. The van der Waals surface area contributed by atoms with E-state index in [9.17, 15) is 9.59 Å². The van der Waals surface area contributed by atoms with Gasteiger partial charge in [0.2, 0.25) is 0 Å². The van der Waals surface area contributed by atoms with Crippen LogP contribution in [0.25, 0.3) is 0 Å². The average molecular weight is 389 g/mol. The molecule has 0 unspecified atom stereocenters. The number of urea groups is 1. The van der Waals surface area contributed by atoms with Gasteiger partial charge in [-0.1, -0.05) is 48.0 Å². The summed E-state index contributed by atoms with van der Waals surface area (Å²) in [6.45, 7) is 2.85. The van der Waals surface area contributed by atoms with Crippen LogP contribution in [0.15, 0.2) is 72.8 Å². The Morgan fingerprint density at radius 1 is 0.931 bits per heavy atom. The van der Waals surface area contributed by atoms with E-state index >= 15 is 0 Å². The van der Waals surface area contributed by atoms with Crippen molar-refractivity contribution in [3.8, 4) is 5.75 Å². The number of nitrogens with two attached hydrogens (primary N) is 1. The lowest BCUT2D eigenvalue weighted by Crippen LogP contribution is -2.23. The monoisotopic (exact) mass is 389 g/mol. The lowest BCUT2D eigenvalue weighted by molar-refractivity contribution is 0.0950. The Bertz CT molecular complexity index is 1000.